The number of ketones is 1. The highest BCUT2D eigenvalue weighted by atomic mass is 16.1. The fraction of sp³-hybridized carbons (Fsp3) is 0.333. The van der Waals surface area contributed by atoms with E-state index in [1.54, 1.807) is 12.3 Å². The number of nitrogens with zero attached hydrogens (tertiary/aromatic N) is 1. The number of aromatic nitrogens is 1. The molecule has 0 saturated heterocycles. The van der Waals surface area contributed by atoms with Crippen LogP contribution in [-0.2, 0) is 6.42 Å². The molecule has 1 aromatic heterocycles. The number of fused-ring (bicyclic) bond motifs is 1. The van der Waals surface area contributed by atoms with E-state index in [0.29, 0.717) is 5.92 Å². The first kappa shape index (κ1) is 9.13. The van der Waals surface area contributed by atoms with Gasteiger partial charge in [0.25, 0.3) is 0 Å². The van der Waals surface area contributed by atoms with Crippen LogP contribution in [0.4, 0.5) is 0 Å². The van der Waals surface area contributed by atoms with Crippen LogP contribution in [0.2, 0.25) is 0 Å². The van der Waals surface area contributed by atoms with E-state index in [-0.39, 0.29) is 5.78 Å². The van der Waals surface area contributed by atoms with Crippen molar-refractivity contribution in [3.63, 3.8) is 0 Å². The summed E-state index contributed by atoms with van der Waals surface area (Å²) in [6.07, 6.45) is 6.20. The van der Waals surface area contributed by atoms with E-state index < -0.39 is 0 Å². The standard InChI is InChI=1S/C12H13NO/c1-8(2)12-11-9(6-7-13-12)4-3-5-10(11)14/h3,5-8H,4H2,1-2H3. The van der Waals surface area contributed by atoms with E-state index in [0.717, 1.165) is 23.2 Å². The number of allylic oxidation sites excluding steroid dienone is 2. The first-order valence-corrected chi connectivity index (χ1v) is 4.89. The highest BCUT2D eigenvalue weighted by molar-refractivity contribution is 6.07. The summed E-state index contributed by atoms with van der Waals surface area (Å²) in [6, 6.07) is 1.93. The third-order valence-electron chi connectivity index (χ3n) is 2.47. The number of pyridine rings is 1. The fourth-order valence-electron chi connectivity index (χ4n) is 1.79. The molecule has 1 aromatic rings. The molecule has 1 aliphatic carbocycles. The average molecular weight is 187 g/mol. The quantitative estimate of drug-likeness (QED) is 0.676. The molecule has 72 valence electrons. The van der Waals surface area contributed by atoms with Gasteiger partial charge in [0.2, 0.25) is 0 Å². The maximum atomic E-state index is 11.7. The summed E-state index contributed by atoms with van der Waals surface area (Å²) in [6.45, 7) is 4.13. The molecule has 0 aliphatic heterocycles. The number of hydrogen-bond acceptors (Lipinski definition) is 2. The van der Waals surface area contributed by atoms with Crippen LogP contribution in [-0.4, -0.2) is 10.8 Å². The van der Waals surface area contributed by atoms with Gasteiger partial charge in [-0.2, -0.15) is 0 Å². The van der Waals surface area contributed by atoms with Crippen molar-refractivity contribution in [3.8, 4) is 0 Å². The fourth-order valence-corrected chi connectivity index (χ4v) is 1.79. The molecule has 0 atom stereocenters. The summed E-state index contributed by atoms with van der Waals surface area (Å²) < 4.78 is 0. The van der Waals surface area contributed by atoms with Crippen molar-refractivity contribution in [2.45, 2.75) is 26.2 Å². The molecule has 2 rings (SSSR count). The van der Waals surface area contributed by atoms with Crippen molar-refractivity contribution < 1.29 is 4.79 Å². The highest BCUT2D eigenvalue weighted by Gasteiger charge is 2.19. The van der Waals surface area contributed by atoms with Gasteiger partial charge in [0.1, 0.15) is 0 Å². The molecule has 0 aromatic carbocycles. The lowest BCUT2D eigenvalue weighted by Gasteiger charge is -2.15. The van der Waals surface area contributed by atoms with E-state index in [4.69, 9.17) is 0 Å². The van der Waals surface area contributed by atoms with Crippen molar-refractivity contribution in [2.24, 2.45) is 0 Å². The van der Waals surface area contributed by atoms with Crippen LogP contribution in [0.3, 0.4) is 0 Å². The molecule has 1 aliphatic rings. The first-order chi connectivity index (χ1) is 6.70. The molecule has 0 spiro atoms. The van der Waals surface area contributed by atoms with Crippen LogP contribution in [0, 0.1) is 0 Å². The largest absolute Gasteiger partial charge is 0.289 e. The maximum absolute atomic E-state index is 11.7. The molecule has 0 amide bonds. The second kappa shape index (κ2) is 3.37. The van der Waals surface area contributed by atoms with E-state index in [2.05, 4.69) is 18.8 Å². The molecule has 0 N–H and O–H groups in total. The van der Waals surface area contributed by atoms with Gasteiger partial charge in [-0.3, -0.25) is 9.78 Å². The lowest BCUT2D eigenvalue weighted by atomic mass is 9.91. The zero-order valence-corrected chi connectivity index (χ0v) is 8.45. The second-order valence-electron chi connectivity index (χ2n) is 3.86. The molecule has 1 heterocycles. The van der Waals surface area contributed by atoms with Crippen LogP contribution in [0.25, 0.3) is 0 Å². The van der Waals surface area contributed by atoms with Gasteiger partial charge in [-0.25, -0.2) is 0 Å². The Balaban J connectivity index is 2.61. The van der Waals surface area contributed by atoms with Crippen LogP contribution in [0.15, 0.2) is 24.4 Å². The Kier molecular flexibility index (Phi) is 2.20. The Morgan fingerprint density at radius 2 is 2.21 bits per heavy atom. The van der Waals surface area contributed by atoms with Crippen LogP contribution >= 0.6 is 0 Å². The maximum Gasteiger partial charge on any atom is 0.187 e. The third-order valence-corrected chi connectivity index (χ3v) is 2.47. The highest BCUT2D eigenvalue weighted by Crippen LogP contribution is 2.24. The Morgan fingerprint density at radius 3 is 2.93 bits per heavy atom. The molecule has 2 nitrogen and oxygen atoms in total. The van der Waals surface area contributed by atoms with Gasteiger partial charge in [0.15, 0.2) is 5.78 Å². The van der Waals surface area contributed by atoms with E-state index in [1.807, 2.05) is 12.1 Å². The molecule has 0 fully saturated rings. The molecule has 0 radical (unpaired) electrons. The van der Waals surface area contributed by atoms with E-state index in [1.165, 1.54) is 0 Å². The molecular weight excluding hydrogens is 174 g/mol. The van der Waals surface area contributed by atoms with E-state index >= 15 is 0 Å². The van der Waals surface area contributed by atoms with Crippen LogP contribution in [0.5, 0.6) is 0 Å². The summed E-state index contributed by atoms with van der Waals surface area (Å²) in [7, 11) is 0. The van der Waals surface area contributed by atoms with Gasteiger partial charge in [-0.05, 0) is 30.0 Å². The lowest BCUT2D eigenvalue weighted by Crippen LogP contribution is -2.12. The number of hydrogen-bond donors (Lipinski definition) is 0. The molecule has 0 saturated carbocycles. The summed E-state index contributed by atoms with van der Waals surface area (Å²) in [5, 5.41) is 0. The predicted molar refractivity (Wildman–Crippen MR) is 55.5 cm³/mol. The number of carbonyl (C=O) groups is 1. The molecule has 0 bridgehead atoms. The zero-order valence-electron chi connectivity index (χ0n) is 8.45. The molecule has 2 heteroatoms. The average Bonchev–Trinajstić information content (AvgIpc) is 2.17. The van der Waals surface area contributed by atoms with Crippen molar-refractivity contribution in [2.75, 3.05) is 0 Å². The van der Waals surface area contributed by atoms with Crippen LogP contribution < -0.4 is 0 Å². The van der Waals surface area contributed by atoms with Gasteiger partial charge < -0.3 is 0 Å². The summed E-state index contributed by atoms with van der Waals surface area (Å²) in [5.41, 5.74) is 2.86. The Bertz CT molecular complexity index is 405. The first-order valence-electron chi connectivity index (χ1n) is 4.89. The third kappa shape index (κ3) is 1.37. The summed E-state index contributed by atoms with van der Waals surface area (Å²) in [5.74, 6) is 0.406. The van der Waals surface area contributed by atoms with Gasteiger partial charge in [0, 0.05) is 11.8 Å². The van der Waals surface area contributed by atoms with Crippen molar-refractivity contribution in [3.05, 3.63) is 41.2 Å². The van der Waals surface area contributed by atoms with Gasteiger partial charge in [0.05, 0.1) is 5.69 Å². The van der Waals surface area contributed by atoms with Crippen molar-refractivity contribution in [1.82, 2.24) is 4.98 Å². The van der Waals surface area contributed by atoms with Crippen molar-refractivity contribution in [1.29, 1.82) is 0 Å². The minimum atomic E-state index is 0.100. The Hall–Kier alpha value is -1.44. The zero-order chi connectivity index (χ0) is 10.1. The molecule has 0 unspecified atom stereocenters. The second-order valence-corrected chi connectivity index (χ2v) is 3.86. The molecule has 14 heavy (non-hydrogen) atoms. The normalized spacial score (nSPS) is 14.6. The Labute approximate surface area is 83.7 Å². The topological polar surface area (TPSA) is 30.0 Å². The summed E-state index contributed by atoms with van der Waals surface area (Å²) in [4.78, 5) is 16.0. The van der Waals surface area contributed by atoms with Crippen molar-refractivity contribution >= 4 is 5.78 Å². The lowest BCUT2D eigenvalue weighted by molar-refractivity contribution is 0.104. The number of rotatable bonds is 1. The minimum absolute atomic E-state index is 0.100. The van der Waals surface area contributed by atoms with Gasteiger partial charge in [-0.1, -0.05) is 19.9 Å². The van der Waals surface area contributed by atoms with E-state index in [9.17, 15) is 4.79 Å². The summed E-state index contributed by atoms with van der Waals surface area (Å²) >= 11 is 0. The number of carbonyl (C=O) groups excluding carboxylic acids is 1. The van der Waals surface area contributed by atoms with Gasteiger partial charge in [-0.15, -0.1) is 0 Å². The van der Waals surface area contributed by atoms with Crippen LogP contribution in [0.1, 0.15) is 41.4 Å². The molecular formula is C12H13NO. The smallest absolute Gasteiger partial charge is 0.187 e. The predicted octanol–water partition coefficient (Wildman–Crippen LogP) is 2.50. The monoisotopic (exact) mass is 187 g/mol. The Morgan fingerprint density at radius 1 is 1.43 bits per heavy atom. The SMILES string of the molecule is CC(C)c1nccc2c1C(=O)C=CC2. The minimum Gasteiger partial charge on any atom is -0.289 e. The van der Waals surface area contributed by atoms with Gasteiger partial charge >= 0.3 is 0 Å².